The van der Waals surface area contributed by atoms with Gasteiger partial charge in [0.05, 0.1) is 12.7 Å². The maximum Gasteiger partial charge on any atom is 0.219 e. The van der Waals surface area contributed by atoms with E-state index >= 15 is 0 Å². The van der Waals surface area contributed by atoms with E-state index in [4.69, 9.17) is 10.2 Å². The van der Waals surface area contributed by atoms with E-state index in [1.54, 1.807) is 0 Å². The number of nitrogens with one attached hydrogen (secondary N) is 1. The number of aliphatic hydroxyl groups excluding tert-OH is 2. The van der Waals surface area contributed by atoms with E-state index in [9.17, 15) is 4.79 Å². The summed E-state index contributed by atoms with van der Waals surface area (Å²) in [7, 11) is 0. The minimum absolute atomic E-state index is 0.0565. The molecule has 0 aromatic heterocycles. The first-order valence-electron chi connectivity index (χ1n) is 9.26. The monoisotopic (exact) mass is 315 g/mol. The highest BCUT2D eigenvalue weighted by molar-refractivity contribution is 5.75. The van der Waals surface area contributed by atoms with Crippen LogP contribution in [-0.2, 0) is 4.79 Å². The fourth-order valence-corrected chi connectivity index (χ4v) is 2.52. The number of amides is 1. The van der Waals surface area contributed by atoms with Crippen molar-refractivity contribution in [3.05, 3.63) is 0 Å². The van der Waals surface area contributed by atoms with Crippen molar-refractivity contribution in [3.63, 3.8) is 0 Å². The van der Waals surface area contributed by atoms with Gasteiger partial charge in [-0.1, -0.05) is 64.7 Å². The van der Waals surface area contributed by atoms with Crippen molar-refractivity contribution < 1.29 is 15.0 Å². The molecule has 0 aromatic carbocycles. The molecule has 0 aliphatic heterocycles. The van der Waals surface area contributed by atoms with E-state index in [1.807, 2.05) is 0 Å². The van der Waals surface area contributed by atoms with Crippen LogP contribution < -0.4 is 5.32 Å². The van der Waals surface area contributed by atoms with Gasteiger partial charge in [0.1, 0.15) is 0 Å². The Bertz CT molecular complexity index is 246. The summed E-state index contributed by atoms with van der Waals surface area (Å²) in [6.07, 6.45) is 13.9. The molecule has 0 saturated carbocycles. The average molecular weight is 315 g/mol. The van der Waals surface area contributed by atoms with Crippen molar-refractivity contribution in [2.24, 2.45) is 0 Å². The third-order valence-electron chi connectivity index (χ3n) is 4.00. The second-order valence-corrected chi connectivity index (χ2v) is 6.26. The Morgan fingerprint density at radius 3 is 2.00 bits per heavy atom. The molecular formula is C18H37NO3. The van der Waals surface area contributed by atoms with Gasteiger partial charge in [-0.2, -0.15) is 0 Å². The number of rotatable bonds is 16. The summed E-state index contributed by atoms with van der Waals surface area (Å²) in [4.78, 5) is 11.5. The molecule has 132 valence electrons. The smallest absolute Gasteiger partial charge is 0.219 e. The summed E-state index contributed by atoms with van der Waals surface area (Å²) >= 11 is 0. The van der Waals surface area contributed by atoms with Crippen molar-refractivity contribution in [1.82, 2.24) is 5.32 Å². The largest absolute Gasteiger partial charge is 0.394 e. The third kappa shape index (κ3) is 15.8. The van der Waals surface area contributed by atoms with Crippen molar-refractivity contribution in [1.29, 1.82) is 0 Å². The van der Waals surface area contributed by atoms with Crippen LogP contribution in [0.5, 0.6) is 0 Å². The zero-order valence-electron chi connectivity index (χ0n) is 14.5. The van der Waals surface area contributed by atoms with Gasteiger partial charge in [-0.3, -0.25) is 4.79 Å². The fourth-order valence-electron chi connectivity index (χ4n) is 2.52. The molecule has 22 heavy (non-hydrogen) atoms. The van der Waals surface area contributed by atoms with Crippen LogP contribution in [0.15, 0.2) is 0 Å². The highest BCUT2D eigenvalue weighted by Gasteiger charge is 2.04. The van der Waals surface area contributed by atoms with Gasteiger partial charge in [-0.05, 0) is 19.3 Å². The van der Waals surface area contributed by atoms with Gasteiger partial charge in [0, 0.05) is 13.0 Å². The normalized spacial score (nSPS) is 12.3. The second kappa shape index (κ2) is 16.8. The molecule has 0 aliphatic carbocycles. The van der Waals surface area contributed by atoms with Gasteiger partial charge >= 0.3 is 0 Å². The Balaban J connectivity index is 3.17. The lowest BCUT2D eigenvalue weighted by Crippen LogP contribution is -2.24. The fraction of sp³-hybridized carbons (Fsp3) is 0.944. The predicted octanol–water partition coefficient (Wildman–Crippen LogP) is 3.55. The van der Waals surface area contributed by atoms with Gasteiger partial charge in [0.2, 0.25) is 5.91 Å². The molecule has 1 atom stereocenters. The maximum atomic E-state index is 11.5. The Hall–Kier alpha value is -0.610. The predicted molar refractivity (Wildman–Crippen MR) is 91.8 cm³/mol. The van der Waals surface area contributed by atoms with Crippen LogP contribution in [0.2, 0.25) is 0 Å². The molecule has 0 aliphatic rings. The first-order valence-corrected chi connectivity index (χ1v) is 9.26. The molecule has 1 amide bonds. The minimum atomic E-state index is -0.685. The van der Waals surface area contributed by atoms with Crippen LogP contribution in [0.3, 0.4) is 0 Å². The summed E-state index contributed by atoms with van der Waals surface area (Å²) in [6.45, 7) is 2.79. The van der Waals surface area contributed by atoms with Gasteiger partial charge in [0.25, 0.3) is 0 Å². The molecule has 4 heteroatoms. The summed E-state index contributed by atoms with van der Waals surface area (Å²) < 4.78 is 0. The summed E-state index contributed by atoms with van der Waals surface area (Å²) in [5.41, 5.74) is 0. The Kier molecular flexibility index (Phi) is 16.3. The average Bonchev–Trinajstić information content (AvgIpc) is 2.52. The number of carbonyl (C=O) groups is 1. The standard InChI is InChI=1S/C18H37NO3/c1-2-3-4-5-6-7-8-9-10-11-15-19-18(22)14-12-13-17(21)16-20/h17,20-21H,2-16H2,1H3,(H,19,22). The van der Waals surface area contributed by atoms with Gasteiger partial charge in [0.15, 0.2) is 0 Å². The molecule has 0 heterocycles. The lowest BCUT2D eigenvalue weighted by atomic mass is 10.1. The van der Waals surface area contributed by atoms with Gasteiger partial charge < -0.3 is 15.5 Å². The Morgan fingerprint density at radius 1 is 0.909 bits per heavy atom. The zero-order valence-corrected chi connectivity index (χ0v) is 14.5. The summed E-state index contributed by atoms with van der Waals surface area (Å²) in [5.74, 6) is 0.0565. The molecule has 3 N–H and O–H groups in total. The molecule has 0 fully saturated rings. The van der Waals surface area contributed by atoms with Crippen molar-refractivity contribution in [2.75, 3.05) is 13.2 Å². The van der Waals surface area contributed by atoms with Crippen LogP contribution in [0.25, 0.3) is 0 Å². The van der Waals surface area contributed by atoms with Crippen LogP contribution in [-0.4, -0.2) is 35.4 Å². The molecule has 0 bridgehead atoms. The molecule has 0 aromatic rings. The molecule has 0 saturated heterocycles. The van der Waals surface area contributed by atoms with Crippen LogP contribution in [0, 0.1) is 0 Å². The van der Waals surface area contributed by atoms with Crippen molar-refractivity contribution in [3.8, 4) is 0 Å². The second-order valence-electron chi connectivity index (χ2n) is 6.26. The van der Waals surface area contributed by atoms with Crippen LogP contribution in [0.4, 0.5) is 0 Å². The van der Waals surface area contributed by atoms with E-state index in [1.165, 1.54) is 57.8 Å². The molecule has 0 radical (unpaired) electrons. The van der Waals surface area contributed by atoms with Gasteiger partial charge in [-0.15, -0.1) is 0 Å². The Labute approximate surface area is 136 Å². The van der Waals surface area contributed by atoms with Gasteiger partial charge in [-0.25, -0.2) is 0 Å². The minimum Gasteiger partial charge on any atom is -0.394 e. The van der Waals surface area contributed by atoms with E-state index in [0.29, 0.717) is 19.3 Å². The van der Waals surface area contributed by atoms with E-state index in [2.05, 4.69) is 12.2 Å². The first kappa shape index (κ1) is 21.4. The van der Waals surface area contributed by atoms with Crippen LogP contribution >= 0.6 is 0 Å². The third-order valence-corrected chi connectivity index (χ3v) is 4.00. The number of hydrogen-bond donors (Lipinski definition) is 3. The summed E-state index contributed by atoms with van der Waals surface area (Å²) in [6, 6.07) is 0. The summed E-state index contributed by atoms with van der Waals surface area (Å²) in [5, 5.41) is 20.7. The number of aliphatic hydroxyl groups is 2. The molecule has 1 unspecified atom stereocenters. The number of carbonyl (C=O) groups excluding carboxylic acids is 1. The highest BCUT2D eigenvalue weighted by Crippen LogP contribution is 2.10. The van der Waals surface area contributed by atoms with Crippen molar-refractivity contribution in [2.45, 2.75) is 96.5 Å². The van der Waals surface area contributed by atoms with E-state index < -0.39 is 6.10 Å². The topological polar surface area (TPSA) is 69.6 Å². The number of hydrogen-bond acceptors (Lipinski definition) is 3. The SMILES string of the molecule is CCCCCCCCCCCCNC(=O)CCCC(O)CO. The molecule has 0 rings (SSSR count). The molecule has 4 nitrogen and oxygen atoms in total. The van der Waals surface area contributed by atoms with Crippen molar-refractivity contribution >= 4 is 5.91 Å². The lowest BCUT2D eigenvalue weighted by molar-refractivity contribution is -0.121. The lowest BCUT2D eigenvalue weighted by Gasteiger charge is -2.07. The highest BCUT2D eigenvalue weighted by atomic mass is 16.3. The first-order chi connectivity index (χ1) is 10.7. The quantitative estimate of drug-likeness (QED) is 0.382. The molecular weight excluding hydrogens is 278 g/mol. The Morgan fingerprint density at radius 2 is 1.45 bits per heavy atom. The van der Waals surface area contributed by atoms with Crippen LogP contribution in [0.1, 0.15) is 90.4 Å². The molecule has 0 spiro atoms. The number of unbranched alkanes of at least 4 members (excludes halogenated alkanes) is 9. The zero-order chi connectivity index (χ0) is 16.5. The van der Waals surface area contributed by atoms with E-state index in [0.717, 1.165) is 13.0 Å². The van der Waals surface area contributed by atoms with E-state index in [-0.39, 0.29) is 12.5 Å². The maximum absolute atomic E-state index is 11.5.